The summed E-state index contributed by atoms with van der Waals surface area (Å²) in [7, 11) is 0. The van der Waals surface area contributed by atoms with Gasteiger partial charge in [-0.3, -0.25) is 9.59 Å². The number of carbonyl (C=O) groups excluding carboxylic acids is 2. The van der Waals surface area contributed by atoms with E-state index >= 15 is 0 Å². The van der Waals surface area contributed by atoms with Crippen LogP contribution in [0.2, 0.25) is 0 Å². The number of hydrogen-bond acceptors (Lipinski definition) is 3. The number of carbonyl (C=O) groups is 2. The maximum Gasteiger partial charge on any atom is 0.317 e. The van der Waals surface area contributed by atoms with Gasteiger partial charge >= 0.3 is 11.9 Å². The normalized spacial score (nSPS) is 23.9. The van der Waals surface area contributed by atoms with Gasteiger partial charge in [0.25, 0.3) is 0 Å². The first kappa shape index (κ1) is 8.24. The van der Waals surface area contributed by atoms with Crippen molar-refractivity contribution in [2.75, 3.05) is 0 Å². The topological polar surface area (TPSA) is 43.4 Å². The minimum absolute atomic E-state index is 0.151. The third-order valence-electron chi connectivity index (χ3n) is 1.87. The summed E-state index contributed by atoms with van der Waals surface area (Å²) in [6, 6.07) is 0. The summed E-state index contributed by atoms with van der Waals surface area (Å²) < 4.78 is 4.39. The molecular weight excluding hydrogens is 144 g/mol. The minimum atomic E-state index is -0.365. The maximum absolute atomic E-state index is 10.8. The van der Waals surface area contributed by atoms with Crippen molar-refractivity contribution in [1.29, 1.82) is 0 Å². The number of esters is 2. The Labute approximate surface area is 65.7 Å². The van der Waals surface area contributed by atoms with Gasteiger partial charge in [0, 0.05) is 0 Å². The van der Waals surface area contributed by atoms with Crippen LogP contribution in [-0.4, -0.2) is 11.9 Å². The molecule has 0 aromatic heterocycles. The molecule has 62 valence electrons. The van der Waals surface area contributed by atoms with Crippen LogP contribution in [0.15, 0.2) is 0 Å². The monoisotopic (exact) mass is 156 g/mol. The highest BCUT2D eigenvalue weighted by molar-refractivity contribution is 5.94. The summed E-state index contributed by atoms with van der Waals surface area (Å²) in [6.07, 6.45) is 3.13. The summed E-state index contributed by atoms with van der Waals surface area (Å²) >= 11 is 0. The predicted octanol–water partition coefficient (Wildman–Crippen LogP) is 1.27. The lowest BCUT2D eigenvalue weighted by atomic mass is 10.0. The lowest BCUT2D eigenvalue weighted by molar-refractivity contribution is -0.153. The first-order valence-electron chi connectivity index (χ1n) is 3.98. The third kappa shape index (κ3) is 2.03. The van der Waals surface area contributed by atoms with Crippen molar-refractivity contribution in [3.8, 4) is 0 Å². The molecule has 0 amide bonds. The molecule has 0 spiro atoms. The van der Waals surface area contributed by atoms with Crippen LogP contribution in [0.5, 0.6) is 0 Å². The second-order valence-corrected chi connectivity index (χ2v) is 2.84. The number of hydrogen-bond donors (Lipinski definition) is 0. The molecule has 3 nitrogen and oxygen atoms in total. The molecule has 1 saturated heterocycles. The van der Waals surface area contributed by atoms with Crippen LogP contribution in [0.25, 0.3) is 0 Å². The Morgan fingerprint density at radius 2 is 2.27 bits per heavy atom. The quantitative estimate of drug-likeness (QED) is 0.456. The molecule has 0 saturated carbocycles. The van der Waals surface area contributed by atoms with Gasteiger partial charge in [0.05, 0.1) is 12.3 Å². The summed E-state index contributed by atoms with van der Waals surface area (Å²) in [5, 5.41) is 0. The number of rotatable bonds is 3. The summed E-state index contributed by atoms with van der Waals surface area (Å²) in [5.41, 5.74) is 0. The molecule has 1 aliphatic rings. The summed E-state index contributed by atoms with van der Waals surface area (Å²) in [5.74, 6) is -0.845. The fourth-order valence-electron chi connectivity index (χ4n) is 1.19. The van der Waals surface area contributed by atoms with Gasteiger partial charge in [0.1, 0.15) is 0 Å². The van der Waals surface area contributed by atoms with Crippen LogP contribution >= 0.6 is 0 Å². The van der Waals surface area contributed by atoms with E-state index in [9.17, 15) is 9.59 Å². The molecule has 0 aliphatic carbocycles. The Balaban J connectivity index is 2.34. The van der Waals surface area contributed by atoms with Crippen LogP contribution in [0.1, 0.15) is 32.6 Å². The Hall–Kier alpha value is -0.860. The molecule has 3 heteroatoms. The molecule has 1 heterocycles. The first-order valence-corrected chi connectivity index (χ1v) is 3.98. The Bertz CT molecular complexity index is 174. The van der Waals surface area contributed by atoms with Gasteiger partial charge in [-0.1, -0.05) is 19.8 Å². The molecule has 0 radical (unpaired) electrons. The molecule has 0 bridgehead atoms. The third-order valence-corrected chi connectivity index (χ3v) is 1.87. The number of cyclic esters (lactones) is 2. The van der Waals surface area contributed by atoms with Gasteiger partial charge in [-0.05, 0) is 6.42 Å². The maximum atomic E-state index is 10.8. The van der Waals surface area contributed by atoms with Crippen LogP contribution in [0, 0.1) is 5.92 Å². The molecule has 0 unspecified atom stereocenters. The number of ether oxygens (including phenoxy) is 1. The molecule has 0 N–H and O–H groups in total. The molecule has 11 heavy (non-hydrogen) atoms. The molecule has 0 aromatic rings. The lowest BCUT2D eigenvalue weighted by Gasteiger charge is -2.00. The zero-order chi connectivity index (χ0) is 8.27. The van der Waals surface area contributed by atoms with Crippen LogP contribution in [0.3, 0.4) is 0 Å². The van der Waals surface area contributed by atoms with Crippen molar-refractivity contribution in [3.05, 3.63) is 0 Å². The van der Waals surface area contributed by atoms with Crippen molar-refractivity contribution < 1.29 is 14.3 Å². The number of unbranched alkanes of at least 4 members (excludes halogenated alkanes) is 1. The Morgan fingerprint density at radius 3 is 2.73 bits per heavy atom. The molecule has 1 aliphatic heterocycles. The molecule has 1 fully saturated rings. The van der Waals surface area contributed by atoms with Crippen LogP contribution in [-0.2, 0) is 14.3 Å². The van der Waals surface area contributed by atoms with E-state index in [4.69, 9.17) is 0 Å². The van der Waals surface area contributed by atoms with E-state index in [2.05, 4.69) is 11.7 Å². The van der Waals surface area contributed by atoms with E-state index in [0.717, 1.165) is 19.3 Å². The largest absolute Gasteiger partial charge is 0.393 e. The van der Waals surface area contributed by atoms with Gasteiger partial charge in [-0.15, -0.1) is 0 Å². The highest BCUT2D eigenvalue weighted by atomic mass is 16.6. The minimum Gasteiger partial charge on any atom is -0.393 e. The van der Waals surface area contributed by atoms with E-state index in [-0.39, 0.29) is 17.9 Å². The molecule has 1 rings (SSSR count). The Morgan fingerprint density at radius 1 is 1.55 bits per heavy atom. The van der Waals surface area contributed by atoms with Crippen molar-refractivity contribution in [3.63, 3.8) is 0 Å². The smallest absolute Gasteiger partial charge is 0.317 e. The SMILES string of the molecule is CCCC[C@@H]1CC(=O)OC1=O. The second kappa shape index (κ2) is 3.51. The van der Waals surface area contributed by atoms with E-state index in [1.165, 1.54) is 0 Å². The van der Waals surface area contributed by atoms with E-state index in [1.54, 1.807) is 0 Å². The highest BCUT2D eigenvalue weighted by Gasteiger charge is 2.32. The molecular formula is C8H12O3. The zero-order valence-corrected chi connectivity index (χ0v) is 6.63. The van der Waals surface area contributed by atoms with Gasteiger partial charge in [-0.2, -0.15) is 0 Å². The fourth-order valence-corrected chi connectivity index (χ4v) is 1.19. The fraction of sp³-hybridized carbons (Fsp3) is 0.750. The van der Waals surface area contributed by atoms with E-state index < -0.39 is 0 Å². The first-order chi connectivity index (χ1) is 5.24. The summed E-state index contributed by atoms with van der Waals surface area (Å²) in [6.45, 7) is 2.06. The van der Waals surface area contributed by atoms with Gasteiger partial charge in [-0.25, -0.2) is 0 Å². The van der Waals surface area contributed by atoms with Crippen molar-refractivity contribution >= 4 is 11.9 Å². The standard InChI is InChI=1S/C8H12O3/c1-2-3-4-6-5-7(9)11-8(6)10/h6H,2-5H2,1H3/t6-/m1/s1. The van der Waals surface area contributed by atoms with Crippen molar-refractivity contribution in [1.82, 2.24) is 0 Å². The average Bonchev–Trinajstić information content (AvgIpc) is 2.26. The van der Waals surface area contributed by atoms with E-state index in [0.29, 0.717) is 6.42 Å². The lowest BCUT2D eigenvalue weighted by Crippen LogP contribution is -2.06. The Kier molecular flexibility index (Phi) is 2.63. The predicted molar refractivity (Wildman–Crippen MR) is 38.7 cm³/mol. The molecule has 0 aromatic carbocycles. The zero-order valence-electron chi connectivity index (χ0n) is 6.63. The van der Waals surface area contributed by atoms with Gasteiger partial charge < -0.3 is 4.74 Å². The van der Waals surface area contributed by atoms with E-state index in [1.807, 2.05) is 0 Å². The van der Waals surface area contributed by atoms with Gasteiger partial charge in [0.15, 0.2) is 0 Å². The van der Waals surface area contributed by atoms with Crippen molar-refractivity contribution in [2.45, 2.75) is 32.6 Å². The van der Waals surface area contributed by atoms with Crippen LogP contribution < -0.4 is 0 Å². The van der Waals surface area contributed by atoms with Crippen LogP contribution in [0.4, 0.5) is 0 Å². The average molecular weight is 156 g/mol. The highest BCUT2D eigenvalue weighted by Crippen LogP contribution is 2.21. The molecule has 1 atom stereocenters. The van der Waals surface area contributed by atoms with Gasteiger partial charge in [0.2, 0.25) is 0 Å². The summed E-state index contributed by atoms with van der Waals surface area (Å²) in [4.78, 5) is 21.4. The van der Waals surface area contributed by atoms with Crippen molar-refractivity contribution in [2.24, 2.45) is 5.92 Å². The second-order valence-electron chi connectivity index (χ2n) is 2.84.